The van der Waals surface area contributed by atoms with Gasteiger partial charge in [-0.2, -0.15) is 15.1 Å². The minimum Gasteiger partial charge on any atom is -0.490 e. The molecule has 0 saturated heterocycles. The average Bonchev–Trinajstić information content (AvgIpc) is 3.19. The highest BCUT2D eigenvalue weighted by molar-refractivity contribution is 8.26. The number of hydrazone groups is 1. The van der Waals surface area contributed by atoms with Crippen LogP contribution in [0.15, 0.2) is 64.2 Å². The molecule has 0 spiro atoms. The van der Waals surface area contributed by atoms with E-state index in [1.807, 2.05) is 55.5 Å². The number of ether oxygens (including phenoxy) is 2. The molecule has 0 fully saturated rings. The zero-order valence-electron chi connectivity index (χ0n) is 18.0. The number of fused-ring (bicyclic) bond motifs is 1. The van der Waals surface area contributed by atoms with Gasteiger partial charge < -0.3 is 9.47 Å². The highest BCUT2D eigenvalue weighted by Crippen LogP contribution is 2.29. The van der Waals surface area contributed by atoms with Crippen LogP contribution in [-0.4, -0.2) is 40.2 Å². The number of amidine groups is 2. The number of nitrogens with one attached hydrogen (secondary N) is 1. The molecule has 32 heavy (non-hydrogen) atoms. The third-order valence-electron chi connectivity index (χ3n) is 4.79. The minimum absolute atomic E-state index is 0.0483. The second kappa shape index (κ2) is 9.82. The maximum absolute atomic E-state index is 12.5. The first-order chi connectivity index (χ1) is 15.5. The van der Waals surface area contributed by atoms with Gasteiger partial charge in [-0.1, -0.05) is 36.8 Å². The molecule has 2 aromatic carbocycles. The molecule has 7 nitrogen and oxygen atoms in total. The molecule has 1 N–H and O–H groups in total. The summed E-state index contributed by atoms with van der Waals surface area (Å²) in [5.74, 6) is 1.14. The molecule has 2 aliphatic heterocycles. The van der Waals surface area contributed by atoms with Crippen LogP contribution in [-0.2, 0) is 4.79 Å². The average molecular weight is 449 g/mol. The number of hydrogen-bond donors (Lipinski definition) is 1. The van der Waals surface area contributed by atoms with Gasteiger partial charge in [0.05, 0.1) is 5.57 Å². The SMILES string of the molecule is CCCC1=NN2C(=N)C(=Cc3ccc(OCCOc4ccc(C)cc4)cc3)C(=O)N=C2S1. The van der Waals surface area contributed by atoms with Crippen LogP contribution in [0.4, 0.5) is 0 Å². The number of nitrogens with zero attached hydrogens (tertiary/aromatic N) is 3. The predicted octanol–water partition coefficient (Wildman–Crippen LogP) is 4.87. The van der Waals surface area contributed by atoms with Crippen molar-refractivity contribution in [2.24, 2.45) is 10.1 Å². The largest absolute Gasteiger partial charge is 0.490 e. The molecule has 4 rings (SSSR count). The van der Waals surface area contributed by atoms with Gasteiger partial charge in [-0.15, -0.1) is 0 Å². The molecule has 2 aliphatic rings. The van der Waals surface area contributed by atoms with Crippen molar-refractivity contribution in [3.05, 3.63) is 65.2 Å². The molecule has 0 bridgehead atoms. The molecular weight excluding hydrogens is 424 g/mol. The number of carbonyl (C=O) groups is 1. The number of thioether (sulfide) groups is 1. The van der Waals surface area contributed by atoms with E-state index in [9.17, 15) is 4.79 Å². The van der Waals surface area contributed by atoms with Gasteiger partial charge in [-0.3, -0.25) is 10.2 Å². The Kier molecular flexibility index (Phi) is 6.70. The van der Waals surface area contributed by atoms with E-state index in [0.717, 1.165) is 29.2 Å². The lowest BCUT2D eigenvalue weighted by atomic mass is 10.1. The molecule has 2 heterocycles. The summed E-state index contributed by atoms with van der Waals surface area (Å²) in [6.45, 7) is 4.95. The number of benzene rings is 2. The second-order valence-corrected chi connectivity index (χ2v) is 8.38. The van der Waals surface area contributed by atoms with E-state index < -0.39 is 5.91 Å². The molecule has 0 aromatic heterocycles. The number of aryl methyl sites for hydroxylation is 1. The van der Waals surface area contributed by atoms with Crippen LogP contribution in [0.2, 0.25) is 0 Å². The standard InChI is InChI=1S/C24H24N4O3S/c1-3-4-21-27-28-22(25)20(23(29)26-24(28)32-21)15-17-7-11-19(12-8-17)31-14-13-30-18-9-5-16(2)6-10-18/h5-12,15,25H,3-4,13-14H2,1-2H3. The minimum atomic E-state index is -0.421. The molecular formula is C24H24N4O3S. The van der Waals surface area contributed by atoms with Crippen LogP contribution in [0.5, 0.6) is 11.5 Å². The summed E-state index contributed by atoms with van der Waals surface area (Å²) in [5.41, 5.74) is 2.19. The Morgan fingerprint density at radius 1 is 1.03 bits per heavy atom. The first-order valence-corrected chi connectivity index (χ1v) is 11.3. The van der Waals surface area contributed by atoms with Crippen molar-refractivity contribution >= 4 is 39.8 Å². The van der Waals surface area contributed by atoms with E-state index in [1.54, 1.807) is 6.08 Å². The van der Waals surface area contributed by atoms with E-state index in [4.69, 9.17) is 14.9 Å². The van der Waals surface area contributed by atoms with Gasteiger partial charge in [0, 0.05) is 0 Å². The number of rotatable bonds is 8. The van der Waals surface area contributed by atoms with Crippen molar-refractivity contribution in [1.82, 2.24) is 5.01 Å². The van der Waals surface area contributed by atoms with Crippen molar-refractivity contribution in [2.45, 2.75) is 26.7 Å². The highest BCUT2D eigenvalue weighted by atomic mass is 32.2. The lowest BCUT2D eigenvalue weighted by molar-refractivity contribution is -0.114. The van der Waals surface area contributed by atoms with Crippen LogP contribution in [0.25, 0.3) is 6.08 Å². The van der Waals surface area contributed by atoms with E-state index in [2.05, 4.69) is 17.0 Å². The molecule has 1 amide bonds. The molecule has 0 atom stereocenters. The van der Waals surface area contributed by atoms with Crippen LogP contribution in [0.1, 0.15) is 30.9 Å². The van der Waals surface area contributed by atoms with E-state index in [-0.39, 0.29) is 11.4 Å². The molecule has 0 radical (unpaired) electrons. The third kappa shape index (κ3) is 5.08. The van der Waals surface area contributed by atoms with Gasteiger partial charge in [-0.25, -0.2) is 0 Å². The van der Waals surface area contributed by atoms with Crippen molar-refractivity contribution in [2.75, 3.05) is 13.2 Å². The van der Waals surface area contributed by atoms with E-state index in [0.29, 0.717) is 24.1 Å². The summed E-state index contributed by atoms with van der Waals surface area (Å²) < 4.78 is 11.4. The van der Waals surface area contributed by atoms with Crippen molar-refractivity contribution in [1.29, 1.82) is 5.41 Å². The zero-order chi connectivity index (χ0) is 22.5. The van der Waals surface area contributed by atoms with Crippen LogP contribution in [0, 0.1) is 12.3 Å². The van der Waals surface area contributed by atoms with Gasteiger partial charge in [0.1, 0.15) is 29.8 Å². The summed E-state index contributed by atoms with van der Waals surface area (Å²) in [6.07, 6.45) is 3.41. The lowest BCUT2D eigenvalue weighted by Crippen LogP contribution is -2.35. The van der Waals surface area contributed by atoms with Crippen molar-refractivity contribution in [3.63, 3.8) is 0 Å². The summed E-state index contributed by atoms with van der Waals surface area (Å²) in [4.78, 5) is 16.6. The summed E-state index contributed by atoms with van der Waals surface area (Å²) in [5, 5.41) is 15.6. The molecule has 164 valence electrons. The Hall–Kier alpha value is -3.39. The number of aliphatic imine (C=N–C) groups is 1. The lowest BCUT2D eigenvalue weighted by Gasteiger charge is -2.20. The zero-order valence-corrected chi connectivity index (χ0v) is 18.8. The monoisotopic (exact) mass is 448 g/mol. The van der Waals surface area contributed by atoms with Crippen molar-refractivity contribution < 1.29 is 14.3 Å². The van der Waals surface area contributed by atoms with Crippen LogP contribution in [0.3, 0.4) is 0 Å². The Morgan fingerprint density at radius 2 is 1.66 bits per heavy atom. The van der Waals surface area contributed by atoms with Gasteiger partial charge in [0.15, 0.2) is 5.84 Å². The number of hydrogen-bond acceptors (Lipinski definition) is 6. The van der Waals surface area contributed by atoms with Gasteiger partial charge in [0.25, 0.3) is 5.91 Å². The van der Waals surface area contributed by atoms with Gasteiger partial charge in [-0.05, 0) is 67.4 Å². The Labute approximate surface area is 191 Å². The highest BCUT2D eigenvalue weighted by Gasteiger charge is 2.35. The molecule has 0 aliphatic carbocycles. The van der Waals surface area contributed by atoms with Crippen molar-refractivity contribution in [3.8, 4) is 11.5 Å². The maximum Gasteiger partial charge on any atom is 0.283 e. The first-order valence-electron chi connectivity index (χ1n) is 10.4. The normalized spacial score (nSPS) is 16.7. The quantitative estimate of drug-likeness (QED) is 0.460. The van der Waals surface area contributed by atoms with Gasteiger partial charge >= 0.3 is 0 Å². The second-order valence-electron chi connectivity index (χ2n) is 7.34. The fourth-order valence-electron chi connectivity index (χ4n) is 3.13. The number of amides is 1. The summed E-state index contributed by atoms with van der Waals surface area (Å²) >= 11 is 1.36. The maximum atomic E-state index is 12.5. The molecule has 0 unspecified atom stereocenters. The van der Waals surface area contributed by atoms with Crippen LogP contribution < -0.4 is 9.47 Å². The summed E-state index contributed by atoms with van der Waals surface area (Å²) in [7, 11) is 0. The third-order valence-corrected chi connectivity index (χ3v) is 5.76. The van der Waals surface area contributed by atoms with Gasteiger partial charge in [0.2, 0.25) is 5.17 Å². The van der Waals surface area contributed by atoms with E-state index >= 15 is 0 Å². The fraction of sp³-hybridized carbons (Fsp3) is 0.250. The Bertz CT molecular complexity index is 1110. The Balaban J connectivity index is 1.35. The molecule has 2 aromatic rings. The number of carbonyl (C=O) groups excluding carboxylic acids is 1. The smallest absolute Gasteiger partial charge is 0.283 e. The topological polar surface area (TPSA) is 87.3 Å². The summed E-state index contributed by atoms with van der Waals surface area (Å²) in [6, 6.07) is 15.2. The molecule has 0 saturated carbocycles. The fourth-order valence-corrected chi connectivity index (χ4v) is 4.11. The first kappa shape index (κ1) is 21.8. The van der Waals surface area contributed by atoms with Crippen LogP contribution >= 0.6 is 11.8 Å². The predicted molar refractivity (Wildman–Crippen MR) is 129 cm³/mol. The van der Waals surface area contributed by atoms with E-state index in [1.165, 1.54) is 22.3 Å². The molecule has 8 heteroatoms. The Morgan fingerprint density at radius 3 is 2.28 bits per heavy atom.